The van der Waals surface area contributed by atoms with E-state index in [2.05, 4.69) is 21.2 Å². The van der Waals surface area contributed by atoms with Crippen molar-refractivity contribution in [3.8, 4) is 0 Å². The highest BCUT2D eigenvalue weighted by Gasteiger charge is 2.23. The molecule has 0 heterocycles. The van der Waals surface area contributed by atoms with Gasteiger partial charge in [-0.2, -0.15) is 0 Å². The fourth-order valence-electron chi connectivity index (χ4n) is 1.50. The van der Waals surface area contributed by atoms with Crippen LogP contribution in [-0.4, -0.2) is 14.5 Å². The first-order valence-corrected chi connectivity index (χ1v) is 7.46. The molecular formula is C10H12BrFN2O2S. The summed E-state index contributed by atoms with van der Waals surface area (Å²) < 4.78 is 36.8. The first-order valence-electron chi connectivity index (χ1n) is 5.12. The molecule has 0 bridgehead atoms. The number of primary sulfonamides is 1. The van der Waals surface area contributed by atoms with Crippen LogP contribution in [-0.2, 0) is 16.6 Å². The molecule has 1 aliphatic carbocycles. The summed E-state index contributed by atoms with van der Waals surface area (Å²) in [6.07, 6.45) is 2.16. The Kier molecular flexibility index (Phi) is 3.53. The minimum Gasteiger partial charge on any atom is -0.310 e. The van der Waals surface area contributed by atoms with Crippen LogP contribution in [0.5, 0.6) is 0 Å². The van der Waals surface area contributed by atoms with E-state index in [9.17, 15) is 12.8 Å². The van der Waals surface area contributed by atoms with E-state index in [1.807, 2.05) is 0 Å². The summed E-state index contributed by atoms with van der Waals surface area (Å²) in [6, 6.07) is 3.15. The van der Waals surface area contributed by atoms with E-state index in [1.54, 1.807) is 6.07 Å². The summed E-state index contributed by atoms with van der Waals surface area (Å²) >= 11 is 3.15. The number of sulfonamides is 1. The Morgan fingerprint density at radius 3 is 2.65 bits per heavy atom. The average molecular weight is 323 g/mol. The van der Waals surface area contributed by atoms with Gasteiger partial charge in [0.05, 0.1) is 0 Å². The number of hydrogen-bond donors (Lipinski definition) is 2. The van der Waals surface area contributed by atoms with Gasteiger partial charge in [0.15, 0.2) is 0 Å². The molecule has 0 amide bonds. The number of halogens is 2. The Morgan fingerprint density at radius 2 is 2.12 bits per heavy atom. The lowest BCUT2D eigenvalue weighted by atomic mass is 10.2. The van der Waals surface area contributed by atoms with Crippen molar-refractivity contribution in [2.24, 2.45) is 5.14 Å². The number of nitrogens with two attached hydrogens (primary N) is 1. The largest absolute Gasteiger partial charge is 0.310 e. The van der Waals surface area contributed by atoms with E-state index in [1.165, 1.54) is 6.07 Å². The van der Waals surface area contributed by atoms with E-state index < -0.39 is 20.7 Å². The fourth-order valence-corrected chi connectivity index (χ4v) is 2.82. The molecule has 0 saturated heterocycles. The van der Waals surface area contributed by atoms with Gasteiger partial charge in [-0.05, 0) is 25.0 Å². The number of benzene rings is 1. The van der Waals surface area contributed by atoms with Crippen LogP contribution < -0.4 is 10.5 Å². The minimum atomic E-state index is -4.03. The zero-order valence-corrected chi connectivity index (χ0v) is 11.3. The van der Waals surface area contributed by atoms with Gasteiger partial charge in [0.1, 0.15) is 10.7 Å². The lowest BCUT2D eigenvalue weighted by molar-refractivity contribution is 0.547. The maximum atomic E-state index is 13.9. The van der Waals surface area contributed by atoms with Crippen molar-refractivity contribution in [2.45, 2.75) is 30.3 Å². The SMILES string of the molecule is NS(=O)(=O)c1cc(Br)cc(CNC2CC2)c1F. The van der Waals surface area contributed by atoms with Crippen LogP contribution in [0.2, 0.25) is 0 Å². The standard InChI is InChI=1S/C10H12BrFN2O2S/c11-7-3-6(5-14-8-1-2-8)10(12)9(4-7)17(13,15)16/h3-4,8,14H,1-2,5H2,(H2,13,15,16). The van der Waals surface area contributed by atoms with Crippen LogP contribution >= 0.6 is 15.9 Å². The second-order valence-corrected chi connectivity index (χ2v) is 6.52. The quantitative estimate of drug-likeness (QED) is 0.882. The highest BCUT2D eigenvalue weighted by Crippen LogP contribution is 2.25. The fraction of sp³-hybridized carbons (Fsp3) is 0.400. The molecule has 0 atom stereocenters. The summed E-state index contributed by atoms with van der Waals surface area (Å²) in [5, 5.41) is 8.08. The molecule has 0 aliphatic heterocycles. The lowest BCUT2D eigenvalue weighted by Crippen LogP contribution is -2.19. The first-order chi connectivity index (χ1) is 7.88. The first kappa shape index (κ1) is 12.9. The van der Waals surface area contributed by atoms with Crippen LogP contribution in [0, 0.1) is 5.82 Å². The third-order valence-electron chi connectivity index (χ3n) is 2.54. The van der Waals surface area contributed by atoms with Gasteiger partial charge >= 0.3 is 0 Å². The van der Waals surface area contributed by atoms with Gasteiger partial charge in [-0.3, -0.25) is 0 Å². The highest BCUT2D eigenvalue weighted by atomic mass is 79.9. The summed E-state index contributed by atoms with van der Waals surface area (Å²) in [7, 11) is -4.03. The van der Waals surface area contributed by atoms with Crippen molar-refractivity contribution >= 4 is 26.0 Å². The Labute approximate surface area is 108 Å². The van der Waals surface area contributed by atoms with Crippen LogP contribution in [0.1, 0.15) is 18.4 Å². The van der Waals surface area contributed by atoms with Crippen LogP contribution in [0.4, 0.5) is 4.39 Å². The third-order valence-corrected chi connectivity index (χ3v) is 3.91. The molecule has 1 aromatic carbocycles. The summed E-state index contributed by atoms with van der Waals surface area (Å²) in [5.74, 6) is -0.774. The van der Waals surface area contributed by atoms with Crippen molar-refractivity contribution in [3.05, 3.63) is 28.0 Å². The van der Waals surface area contributed by atoms with Gasteiger partial charge in [-0.25, -0.2) is 17.9 Å². The van der Waals surface area contributed by atoms with Crippen LogP contribution in [0.3, 0.4) is 0 Å². The van der Waals surface area contributed by atoms with Crippen LogP contribution in [0.15, 0.2) is 21.5 Å². The van der Waals surface area contributed by atoms with Gasteiger partial charge in [0, 0.05) is 22.6 Å². The maximum Gasteiger partial charge on any atom is 0.241 e. The molecule has 1 aliphatic rings. The third kappa shape index (κ3) is 3.25. The molecular weight excluding hydrogens is 311 g/mol. The lowest BCUT2D eigenvalue weighted by Gasteiger charge is -2.09. The van der Waals surface area contributed by atoms with Crippen molar-refractivity contribution in [1.82, 2.24) is 5.32 Å². The number of nitrogens with one attached hydrogen (secondary N) is 1. The zero-order valence-electron chi connectivity index (χ0n) is 8.91. The molecule has 3 N–H and O–H groups in total. The summed E-state index contributed by atoms with van der Waals surface area (Å²) in [4.78, 5) is -0.473. The van der Waals surface area contributed by atoms with E-state index in [0.717, 1.165) is 12.8 Å². The smallest absolute Gasteiger partial charge is 0.241 e. The maximum absolute atomic E-state index is 13.9. The second kappa shape index (κ2) is 4.64. The molecule has 4 nitrogen and oxygen atoms in total. The van der Waals surface area contributed by atoms with Gasteiger partial charge in [0.25, 0.3) is 0 Å². The Hall–Kier alpha value is -0.500. The predicted molar refractivity (Wildman–Crippen MR) is 65.3 cm³/mol. The molecule has 1 fully saturated rings. The molecule has 7 heteroatoms. The molecule has 0 aromatic heterocycles. The topological polar surface area (TPSA) is 72.2 Å². The normalized spacial score (nSPS) is 16.2. The molecule has 1 aromatic rings. The summed E-state index contributed by atoms with van der Waals surface area (Å²) in [6.45, 7) is 0.304. The number of rotatable bonds is 4. The highest BCUT2D eigenvalue weighted by molar-refractivity contribution is 9.10. The molecule has 2 rings (SSSR count). The van der Waals surface area contributed by atoms with E-state index in [0.29, 0.717) is 22.6 Å². The Balaban J connectivity index is 2.34. The molecule has 1 saturated carbocycles. The summed E-state index contributed by atoms with van der Waals surface area (Å²) in [5.41, 5.74) is 0.301. The van der Waals surface area contributed by atoms with Crippen molar-refractivity contribution < 1.29 is 12.8 Å². The van der Waals surface area contributed by atoms with E-state index in [4.69, 9.17) is 5.14 Å². The molecule has 0 spiro atoms. The Morgan fingerprint density at radius 1 is 1.47 bits per heavy atom. The van der Waals surface area contributed by atoms with Gasteiger partial charge in [-0.1, -0.05) is 15.9 Å². The van der Waals surface area contributed by atoms with E-state index in [-0.39, 0.29) is 0 Å². The minimum absolute atomic E-state index is 0.301. The average Bonchev–Trinajstić information content (AvgIpc) is 3.01. The van der Waals surface area contributed by atoms with Gasteiger partial charge in [-0.15, -0.1) is 0 Å². The van der Waals surface area contributed by atoms with E-state index >= 15 is 0 Å². The monoisotopic (exact) mass is 322 g/mol. The van der Waals surface area contributed by atoms with Gasteiger partial charge in [0.2, 0.25) is 10.0 Å². The van der Waals surface area contributed by atoms with Crippen molar-refractivity contribution in [1.29, 1.82) is 0 Å². The van der Waals surface area contributed by atoms with Crippen molar-refractivity contribution in [3.63, 3.8) is 0 Å². The predicted octanol–water partition coefficient (Wildman–Crippen LogP) is 1.49. The second-order valence-electron chi connectivity index (χ2n) is 4.08. The molecule has 94 valence electrons. The molecule has 0 radical (unpaired) electrons. The van der Waals surface area contributed by atoms with Crippen molar-refractivity contribution in [2.75, 3.05) is 0 Å². The van der Waals surface area contributed by atoms with Gasteiger partial charge < -0.3 is 5.32 Å². The number of hydrogen-bond acceptors (Lipinski definition) is 3. The zero-order chi connectivity index (χ0) is 12.6. The van der Waals surface area contributed by atoms with Crippen LogP contribution in [0.25, 0.3) is 0 Å². The molecule has 0 unspecified atom stereocenters. The Bertz CT molecular complexity index is 543. The molecule has 17 heavy (non-hydrogen) atoms.